The van der Waals surface area contributed by atoms with E-state index in [1.54, 1.807) is 6.08 Å². The first kappa shape index (κ1) is 31.5. The molecule has 3 nitrogen and oxygen atoms in total. The van der Waals surface area contributed by atoms with Gasteiger partial charge in [-0.25, -0.2) is 4.98 Å². The number of aromatic nitrogens is 3. The van der Waals surface area contributed by atoms with Crippen LogP contribution in [0.25, 0.3) is 93.8 Å². The monoisotopic (exact) mass is 689 g/mol. The number of hydrogen-bond donors (Lipinski definition) is 0. The van der Waals surface area contributed by atoms with E-state index >= 15 is 0 Å². The maximum atomic E-state index is 5.29. The molecule has 0 unspecified atom stereocenters. The second-order valence-electron chi connectivity index (χ2n) is 13.7. The van der Waals surface area contributed by atoms with Gasteiger partial charge in [0.25, 0.3) is 0 Å². The lowest BCUT2D eigenvalue weighted by Crippen LogP contribution is -2.01. The fraction of sp³-hybridized carbons (Fsp3) is 0. The van der Waals surface area contributed by atoms with Crippen LogP contribution in [0.15, 0.2) is 201 Å². The number of para-hydroxylation sites is 2. The molecule has 0 aliphatic rings. The molecule has 10 rings (SSSR count). The van der Waals surface area contributed by atoms with E-state index < -0.39 is 0 Å². The first-order chi connectivity index (χ1) is 26.7. The van der Waals surface area contributed by atoms with Crippen molar-refractivity contribution in [1.29, 1.82) is 0 Å². The highest BCUT2D eigenvalue weighted by atomic mass is 15.1. The molecule has 0 saturated heterocycles. The van der Waals surface area contributed by atoms with Crippen LogP contribution in [0, 0.1) is 0 Å². The van der Waals surface area contributed by atoms with Gasteiger partial charge < -0.3 is 4.57 Å². The molecule has 0 saturated carbocycles. The van der Waals surface area contributed by atoms with Crippen LogP contribution in [0.2, 0.25) is 0 Å². The standard InChI is InChI=1S/C51H35N3/c1-3-15-34(4-2)39-31-45(36-17-6-5-7-18-36)52-51(33-39)54-48-24-13-11-22-42(48)44-30-37(27-29-49(44)54)38-26-28-43-41-21-10-12-23-47(41)53(50(43)32-38)46-25-14-19-35-16-8-9-20-40(35)46/h3-33H,1-2H2/b34-15+. The SMILES string of the molecule is C=C/C=C(\C=C)c1cc(-c2ccccc2)nc(-n2c3ccccc3c3cc(-c4ccc5c6ccccc6n(-c6cccc7ccccc67)c5c4)ccc32)c1. The van der Waals surface area contributed by atoms with Crippen LogP contribution in [0.3, 0.4) is 0 Å². The van der Waals surface area contributed by atoms with Gasteiger partial charge >= 0.3 is 0 Å². The van der Waals surface area contributed by atoms with Crippen molar-refractivity contribution in [3.8, 4) is 33.9 Å². The van der Waals surface area contributed by atoms with Crippen molar-refractivity contribution in [1.82, 2.24) is 14.1 Å². The maximum absolute atomic E-state index is 5.29. The molecule has 10 aromatic rings. The van der Waals surface area contributed by atoms with Crippen LogP contribution in [-0.4, -0.2) is 14.1 Å². The van der Waals surface area contributed by atoms with Crippen molar-refractivity contribution < 1.29 is 0 Å². The molecular weight excluding hydrogens is 655 g/mol. The van der Waals surface area contributed by atoms with E-state index in [0.717, 1.165) is 44.8 Å². The molecule has 0 fully saturated rings. The van der Waals surface area contributed by atoms with Gasteiger partial charge in [-0.15, -0.1) is 0 Å². The molecule has 0 spiro atoms. The summed E-state index contributed by atoms with van der Waals surface area (Å²) < 4.78 is 4.72. The summed E-state index contributed by atoms with van der Waals surface area (Å²) in [6, 6.07) is 61.0. The zero-order valence-electron chi connectivity index (χ0n) is 29.7. The number of fused-ring (bicyclic) bond motifs is 7. The van der Waals surface area contributed by atoms with Crippen LogP contribution < -0.4 is 0 Å². The zero-order chi connectivity index (χ0) is 36.2. The molecule has 7 aromatic carbocycles. The van der Waals surface area contributed by atoms with Crippen molar-refractivity contribution in [2.75, 3.05) is 0 Å². The molecule has 0 radical (unpaired) electrons. The normalized spacial score (nSPS) is 12.0. The number of hydrogen-bond acceptors (Lipinski definition) is 1. The largest absolute Gasteiger partial charge is 0.309 e. The highest BCUT2D eigenvalue weighted by Crippen LogP contribution is 2.39. The Morgan fingerprint density at radius 1 is 0.463 bits per heavy atom. The van der Waals surface area contributed by atoms with E-state index in [9.17, 15) is 0 Å². The summed E-state index contributed by atoms with van der Waals surface area (Å²) in [6.45, 7) is 8.07. The Bertz CT molecular complexity index is 3130. The average molecular weight is 690 g/mol. The Morgan fingerprint density at radius 3 is 1.89 bits per heavy atom. The van der Waals surface area contributed by atoms with Gasteiger partial charge in [-0.1, -0.05) is 153 Å². The van der Waals surface area contributed by atoms with Crippen molar-refractivity contribution in [2.45, 2.75) is 0 Å². The van der Waals surface area contributed by atoms with E-state index in [-0.39, 0.29) is 0 Å². The smallest absolute Gasteiger partial charge is 0.138 e. The molecule has 0 aliphatic heterocycles. The van der Waals surface area contributed by atoms with Gasteiger partial charge in [-0.05, 0) is 76.2 Å². The van der Waals surface area contributed by atoms with Gasteiger partial charge in [0.15, 0.2) is 0 Å². The Hall–Kier alpha value is -7.23. The lowest BCUT2D eigenvalue weighted by Gasteiger charge is -2.13. The van der Waals surface area contributed by atoms with Crippen molar-refractivity contribution in [3.63, 3.8) is 0 Å². The molecule has 0 N–H and O–H groups in total. The first-order valence-electron chi connectivity index (χ1n) is 18.3. The Kier molecular flexibility index (Phi) is 7.45. The van der Waals surface area contributed by atoms with Gasteiger partial charge in [-0.2, -0.15) is 0 Å². The molecule has 3 heterocycles. The highest BCUT2D eigenvalue weighted by Gasteiger charge is 2.18. The number of pyridine rings is 1. The minimum absolute atomic E-state index is 0.850. The minimum atomic E-state index is 0.850. The van der Waals surface area contributed by atoms with Crippen LogP contribution in [0.5, 0.6) is 0 Å². The second-order valence-corrected chi connectivity index (χ2v) is 13.7. The predicted molar refractivity (Wildman–Crippen MR) is 230 cm³/mol. The van der Waals surface area contributed by atoms with E-state index in [1.807, 2.05) is 18.2 Å². The highest BCUT2D eigenvalue weighted by molar-refractivity contribution is 6.13. The van der Waals surface area contributed by atoms with E-state index in [0.29, 0.717) is 0 Å². The number of rotatable bonds is 7. The summed E-state index contributed by atoms with van der Waals surface area (Å²) in [6.07, 6.45) is 5.68. The number of allylic oxidation sites excluding steroid dienone is 4. The number of benzene rings is 7. The van der Waals surface area contributed by atoms with Crippen molar-refractivity contribution in [3.05, 3.63) is 207 Å². The molecule has 0 bridgehead atoms. The third kappa shape index (κ3) is 5.02. The van der Waals surface area contributed by atoms with Crippen molar-refractivity contribution >= 4 is 60.0 Å². The molecule has 254 valence electrons. The van der Waals surface area contributed by atoms with Gasteiger partial charge in [0.2, 0.25) is 0 Å². The summed E-state index contributed by atoms with van der Waals surface area (Å²) in [5.74, 6) is 0.850. The second kappa shape index (κ2) is 12.8. The van der Waals surface area contributed by atoms with E-state index in [2.05, 4.69) is 186 Å². The fourth-order valence-electron chi connectivity index (χ4n) is 8.18. The quantitative estimate of drug-likeness (QED) is 0.153. The fourth-order valence-corrected chi connectivity index (χ4v) is 8.18. The molecule has 3 heteroatoms. The Balaban J connectivity index is 1.19. The van der Waals surface area contributed by atoms with E-state index in [4.69, 9.17) is 4.98 Å². The predicted octanol–water partition coefficient (Wildman–Crippen LogP) is 13.5. The minimum Gasteiger partial charge on any atom is -0.309 e. The van der Waals surface area contributed by atoms with E-state index in [1.165, 1.54) is 54.6 Å². The lowest BCUT2D eigenvalue weighted by molar-refractivity contribution is 1.08. The van der Waals surface area contributed by atoms with Crippen LogP contribution in [-0.2, 0) is 0 Å². The lowest BCUT2D eigenvalue weighted by atomic mass is 10.0. The molecule has 0 aliphatic carbocycles. The summed E-state index contributed by atoms with van der Waals surface area (Å²) in [5, 5.41) is 7.31. The van der Waals surface area contributed by atoms with Crippen molar-refractivity contribution in [2.24, 2.45) is 0 Å². The third-order valence-electron chi connectivity index (χ3n) is 10.6. The topological polar surface area (TPSA) is 22.8 Å². The molecule has 0 amide bonds. The Labute approximate surface area is 313 Å². The maximum Gasteiger partial charge on any atom is 0.138 e. The van der Waals surface area contributed by atoms with Crippen LogP contribution in [0.1, 0.15) is 5.56 Å². The molecule has 54 heavy (non-hydrogen) atoms. The summed E-state index contributed by atoms with van der Waals surface area (Å²) >= 11 is 0. The molecule has 0 atom stereocenters. The Morgan fingerprint density at radius 2 is 1.09 bits per heavy atom. The first-order valence-corrected chi connectivity index (χ1v) is 18.3. The van der Waals surface area contributed by atoms with Crippen LogP contribution in [0.4, 0.5) is 0 Å². The number of nitrogens with zero attached hydrogens (tertiary/aromatic N) is 3. The van der Waals surface area contributed by atoms with Gasteiger partial charge in [0.1, 0.15) is 5.82 Å². The van der Waals surface area contributed by atoms with Gasteiger partial charge in [0, 0.05) is 32.5 Å². The summed E-state index contributed by atoms with van der Waals surface area (Å²) in [4.78, 5) is 5.29. The third-order valence-corrected chi connectivity index (χ3v) is 10.6. The molecule has 3 aromatic heterocycles. The summed E-state index contributed by atoms with van der Waals surface area (Å²) in [5.41, 5.74) is 12.1. The zero-order valence-corrected chi connectivity index (χ0v) is 29.7. The summed E-state index contributed by atoms with van der Waals surface area (Å²) in [7, 11) is 0. The average Bonchev–Trinajstić information content (AvgIpc) is 3.75. The van der Waals surface area contributed by atoms with Crippen LogP contribution >= 0.6 is 0 Å². The molecular formula is C51H35N3. The van der Waals surface area contributed by atoms with Gasteiger partial charge in [-0.3, -0.25) is 4.57 Å². The van der Waals surface area contributed by atoms with Gasteiger partial charge in [0.05, 0.1) is 33.4 Å².